The van der Waals surface area contributed by atoms with Crippen LogP contribution in [0.15, 0.2) is 80.8 Å². The number of carbonyl (C=O) groups excluding carboxylic acids is 1. The van der Waals surface area contributed by atoms with Crippen molar-refractivity contribution in [1.82, 2.24) is 19.3 Å². The van der Waals surface area contributed by atoms with Crippen LogP contribution in [0.2, 0.25) is 10.0 Å². The molecule has 2 heterocycles. The van der Waals surface area contributed by atoms with Crippen molar-refractivity contribution < 1.29 is 9.32 Å². The molecule has 8 nitrogen and oxygen atoms in total. The highest BCUT2D eigenvalue weighted by Gasteiger charge is 2.24. The minimum absolute atomic E-state index is 0.0474. The molecular weight excluding hydrogens is 455 g/mol. The minimum Gasteiger partial charge on any atom is -0.296 e. The highest BCUT2D eigenvalue weighted by Crippen LogP contribution is 2.27. The predicted molar refractivity (Wildman–Crippen MR) is 120 cm³/mol. The van der Waals surface area contributed by atoms with Crippen molar-refractivity contribution >= 4 is 40.1 Å². The topological polar surface area (TPSA) is 103 Å². The number of imidazole rings is 1. The molecule has 0 aliphatic rings. The van der Waals surface area contributed by atoms with Gasteiger partial charge in [-0.3, -0.25) is 18.9 Å². The van der Waals surface area contributed by atoms with Crippen molar-refractivity contribution in [1.29, 1.82) is 0 Å². The summed E-state index contributed by atoms with van der Waals surface area (Å²) in [6.45, 7) is 0. The van der Waals surface area contributed by atoms with Crippen molar-refractivity contribution in [3.63, 3.8) is 0 Å². The van der Waals surface area contributed by atoms with Gasteiger partial charge in [-0.25, -0.2) is 14.2 Å². The molecule has 1 N–H and O–H groups in total. The smallest absolute Gasteiger partial charge is 0.296 e. The summed E-state index contributed by atoms with van der Waals surface area (Å²) in [6.07, 6.45) is 0. The summed E-state index contributed by atoms with van der Waals surface area (Å²) in [7, 11) is 0. The third kappa shape index (κ3) is 3.17. The molecule has 0 saturated carbocycles. The Morgan fingerprint density at radius 3 is 2.16 bits per heavy atom. The fourth-order valence-corrected chi connectivity index (χ4v) is 4.09. The number of nitrogens with one attached hydrogen (secondary N) is 1. The van der Waals surface area contributed by atoms with Crippen LogP contribution in [0.1, 0.15) is 10.4 Å². The quantitative estimate of drug-likeness (QED) is 0.430. The van der Waals surface area contributed by atoms with E-state index in [9.17, 15) is 14.4 Å². The van der Waals surface area contributed by atoms with Crippen LogP contribution in [0.25, 0.3) is 28.1 Å². The number of halogens is 2. The number of H-pyrrole nitrogens is 1. The summed E-state index contributed by atoms with van der Waals surface area (Å²) in [5.41, 5.74) is 1.51. The number of carbonyl (C=O) groups is 1. The predicted octanol–water partition coefficient (Wildman–Crippen LogP) is 4.13. The molecule has 0 saturated heterocycles. The van der Waals surface area contributed by atoms with Gasteiger partial charge in [-0.2, -0.15) is 0 Å². The highest BCUT2D eigenvalue weighted by atomic mass is 35.5. The fourth-order valence-electron chi connectivity index (χ4n) is 3.53. The van der Waals surface area contributed by atoms with Crippen LogP contribution in [0, 0.1) is 0 Å². The van der Waals surface area contributed by atoms with Crippen LogP contribution in [-0.2, 0) is 0 Å². The Bertz CT molecular complexity index is 1590. The standard InChI is InChI=1S/C22H12Cl2N4O4/c23-14-4-3-5-15(24)18(14)20(29)28-17-7-2-1-6-16(17)27(22(28)31)13-10-8-12(9-11-13)19-25-21(30)32-26-19/h1-11H,(H,25,26,30). The zero-order chi connectivity index (χ0) is 22.4. The van der Waals surface area contributed by atoms with Crippen LogP contribution in [0.4, 0.5) is 0 Å². The van der Waals surface area contributed by atoms with Gasteiger partial charge < -0.3 is 0 Å². The molecule has 0 aliphatic carbocycles. The van der Waals surface area contributed by atoms with E-state index in [1.54, 1.807) is 54.6 Å². The normalized spacial score (nSPS) is 11.2. The van der Waals surface area contributed by atoms with Crippen LogP contribution in [0.3, 0.4) is 0 Å². The largest absolute Gasteiger partial charge is 0.439 e. The Labute approximate surface area is 189 Å². The first-order valence-corrected chi connectivity index (χ1v) is 10.1. The molecule has 0 fully saturated rings. The molecule has 5 rings (SSSR count). The molecule has 0 bridgehead atoms. The monoisotopic (exact) mass is 466 g/mol. The van der Waals surface area contributed by atoms with Gasteiger partial charge in [-0.15, -0.1) is 0 Å². The van der Waals surface area contributed by atoms with Crippen LogP contribution >= 0.6 is 23.2 Å². The van der Waals surface area contributed by atoms with Gasteiger partial charge in [0, 0.05) is 5.56 Å². The van der Waals surface area contributed by atoms with E-state index in [2.05, 4.69) is 14.7 Å². The summed E-state index contributed by atoms with van der Waals surface area (Å²) >= 11 is 12.4. The van der Waals surface area contributed by atoms with E-state index in [1.165, 1.54) is 16.7 Å². The number of nitrogens with zero attached hydrogens (tertiary/aromatic N) is 3. The van der Waals surface area contributed by atoms with E-state index in [-0.39, 0.29) is 21.4 Å². The molecule has 0 radical (unpaired) electrons. The summed E-state index contributed by atoms with van der Waals surface area (Å²) in [4.78, 5) is 40.4. The van der Waals surface area contributed by atoms with Crippen LogP contribution in [0.5, 0.6) is 0 Å². The lowest BCUT2D eigenvalue weighted by atomic mass is 10.2. The molecule has 32 heavy (non-hydrogen) atoms. The summed E-state index contributed by atoms with van der Waals surface area (Å²) < 4.78 is 6.98. The Hall–Kier alpha value is -3.88. The molecule has 5 aromatic rings. The number of benzene rings is 3. The summed E-state index contributed by atoms with van der Waals surface area (Å²) in [6, 6.07) is 18.3. The van der Waals surface area contributed by atoms with Crippen LogP contribution < -0.4 is 11.4 Å². The van der Waals surface area contributed by atoms with Gasteiger partial charge in [0.15, 0.2) is 5.82 Å². The average molecular weight is 467 g/mol. The number of hydrogen-bond acceptors (Lipinski definition) is 5. The van der Waals surface area contributed by atoms with E-state index < -0.39 is 17.4 Å². The van der Waals surface area contributed by atoms with Crippen molar-refractivity contribution in [3.8, 4) is 17.1 Å². The molecule has 0 atom stereocenters. The van der Waals surface area contributed by atoms with Gasteiger partial charge in [0.2, 0.25) is 0 Å². The lowest BCUT2D eigenvalue weighted by molar-refractivity contribution is 0.0961. The lowest BCUT2D eigenvalue weighted by Crippen LogP contribution is -2.29. The maximum absolute atomic E-state index is 13.4. The molecule has 0 unspecified atom stereocenters. The zero-order valence-corrected chi connectivity index (χ0v) is 17.6. The van der Waals surface area contributed by atoms with Crippen molar-refractivity contribution in [3.05, 3.63) is 103 Å². The fraction of sp³-hybridized carbons (Fsp3) is 0. The summed E-state index contributed by atoms with van der Waals surface area (Å²) in [5.74, 6) is -1.03. The van der Waals surface area contributed by atoms with E-state index in [0.717, 1.165) is 4.57 Å². The average Bonchev–Trinajstić information content (AvgIpc) is 3.34. The van der Waals surface area contributed by atoms with Gasteiger partial charge >= 0.3 is 11.4 Å². The number of aromatic amines is 1. The van der Waals surface area contributed by atoms with E-state index in [1.807, 2.05) is 0 Å². The third-order valence-corrected chi connectivity index (χ3v) is 5.60. The Morgan fingerprint density at radius 1 is 0.875 bits per heavy atom. The molecule has 2 aromatic heterocycles. The highest BCUT2D eigenvalue weighted by molar-refractivity contribution is 6.39. The molecule has 10 heteroatoms. The molecule has 0 aliphatic heterocycles. The van der Waals surface area contributed by atoms with Crippen molar-refractivity contribution in [2.24, 2.45) is 0 Å². The first-order chi connectivity index (χ1) is 15.5. The van der Waals surface area contributed by atoms with Crippen molar-refractivity contribution in [2.75, 3.05) is 0 Å². The second-order valence-electron chi connectivity index (χ2n) is 6.83. The maximum atomic E-state index is 13.4. The molecule has 3 aromatic carbocycles. The zero-order valence-electron chi connectivity index (χ0n) is 16.1. The van der Waals surface area contributed by atoms with Gasteiger partial charge in [0.05, 0.1) is 32.3 Å². The Morgan fingerprint density at radius 2 is 1.53 bits per heavy atom. The van der Waals surface area contributed by atoms with Gasteiger partial charge in [0.25, 0.3) is 5.91 Å². The van der Waals surface area contributed by atoms with Gasteiger partial charge in [-0.1, -0.05) is 46.6 Å². The Kier molecular flexibility index (Phi) is 4.80. The van der Waals surface area contributed by atoms with E-state index >= 15 is 0 Å². The lowest BCUT2D eigenvalue weighted by Gasteiger charge is -2.06. The van der Waals surface area contributed by atoms with E-state index in [4.69, 9.17) is 23.2 Å². The summed E-state index contributed by atoms with van der Waals surface area (Å²) in [5, 5.41) is 3.95. The molecular formula is C22H12Cl2N4O4. The van der Waals surface area contributed by atoms with Crippen LogP contribution in [-0.4, -0.2) is 25.2 Å². The number of hydrogen-bond donors (Lipinski definition) is 1. The Balaban J connectivity index is 1.69. The maximum Gasteiger partial charge on any atom is 0.439 e. The molecule has 158 valence electrons. The number of rotatable bonds is 3. The van der Waals surface area contributed by atoms with Gasteiger partial charge in [-0.05, 0) is 48.5 Å². The second kappa shape index (κ2) is 7.67. The van der Waals surface area contributed by atoms with E-state index in [0.29, 0.717) is 22.3 Å². The van der Waals surface area contributed by atoms with Gasteiger partial charge in [0.1, 0.15) is 0 Å². The molecule has 0 spiro atoms. The number of para-hydroxylation sites is 2. The number of aromatic nitrogens is 4. The SMILES string of the molecule is O=C(c1c(Cl)cccc1Cl)n1c(=O)n(-c2ccc(-c3noc(=O)[nH]3)cc2)c2ccccc21. The molecule has 0 amide bonds. The second-order valence-corrected chi connectivity index (χ2v) is 7.65. The van der Waals surface area contributed by atoms with Crippen molar-refractivity contribution in [2.45, 2.75) is 0 Å². The first kappa shape index (κ1) is 20.0. The minimum atomic E-state index is -0.667. The third-order valence-electron chi connectivity index (χ3n) is 4.97. The first-order valence-electron chi connectivity index (χ1n) is 9.34. The number of fused-ring (bicyclic) bond motifs is 1.